The van der Waals surface area contributed by atoms with Crippen molar-refractivity contribution in [2.24, 2.45) is 5.92 Å². The molecule has 1 unspecified atom stereocenters. The first-order valence-electron chi connectivity index (χ1n) is 5.48. The Morgan fingerprint density at radius 3 is 3.00 bits per heavy atom. The van der Waals surface area contributed by atoms with E-state index in [4.69, 9.17) is 0 Å². The SMILES string of the molecule is CS(=O)CCCNC(=O)[C@H]1CCCNC1. The molecule has 1 fully saturated rings. The maximum atomic E-state index is 11.6. The Morgan fingerprint density at radius 2 is 2.40 bits per heavy atom. The molecule has 0 saturated carbocycles. The van der Waals surface area contributed by atoms with Crippen molar-refractivity contribution >= 4 is 16.7 Å². The third-order valence-corrected chi connectivity index (χ3v) is 3.44. The highest BCUT2D eigenvalue weighted by molar-refractivity contribution is 7.84. The molecule has 1 rings (SSSR count). The number of rotatable bonds is 5. The molecule has 1 heterocycles. The van der Waals surface area contributed by atoms with Gasteiger partial charge in [0.05, 0.1) is 5.92 Å². The summed E-state index contributed by atoms with van der Waals surface area (Å²) in [6.07, 6.45) is 4.55. The van der Waals surface area contributed by atoms with E-state index in [1.54, 1.807) is 6.26 Å². The van der Waals surface area contributed by atoms with E-state index in [1.165, 1.54) is 0 Å². The molecule has 1 saturated heterocycles. The summed E-state index contributed by atoms with van der Waals surface area (Å²) < 4.78 is 10.8. The molecule has 1 aliphatic heterocycles. The van der Waals surface area contributed by atoms with Gasteiger partial charge >= 0.3 is 0 Å². The zero-order valence-electron chi connectivity index (χ0n) is 9.25. The van der Waals surface area contributed by atoms with Crippen molar-refractivity contribution < 1.29 is 9.00 Å². The number of hydrogen-bond donors (Lipinski definition) is 2. The monoisotopic (exact) mass is 232 g/mol. The summed E-state index contributed by atoms with van der Waals surface area (Å²) in [7, 11) is -0.749. The third-order valence-electron chi connectivity index (χ3n) is 2.58. The molecule has 5 heteroatoms. The van der Waals surface area contributed by atoms with Crippen LogP contribution < -0.4 is 10.6 Å². The minimum Gasteiger partial charge on any atom is -0.356 e. The van der Waals surface area contributed by atoms with Gasteiger partial charge in [-0.2, -0.15) is 0 Å². The van der Waals surface area contributed by atoms with Crippen LogP contribution in [0.1, 0.15) is 19.3 Å². The topological polar surface area (TPSA) is 58.2 Å². The lowest BCUT2D eigenvalue weighted by Gasteiger charge is -2.21. The number of piperidine rings is 1. The number of carbonyl (C=O) groups is 1. The van der Waals surface area contributed by atoms with Crippen molar-refractivity contribution in [3.05, 3.63) is 0 Å². The number of carbonyl (C=O) groups excluding carboxylic acids is 1. The van der Waals surface area contributed by atoms with E-state index in [0.717, 1.165) is 32.4 Å². The molecule has 0 aromatic rings. The Labute approximate surface area is 93.7 Å². The van der Waals surface area contributed by atoms with Gasteiger partial charge in [0, 0.05) is 35.9 Å². The summed E-state index contributed by atoms with van der Waals surface area (Å²) in [6.45, 7) is 2.47. The molecule has 0 aliphatic carbocycles. The summed E-state index contributed by atoms with van der Waals surface area (Å²) in [5, 5.41) is 6.11. The van der Waals surface area contributed by atoms with Crippen LogP contribution in [0.3, 0.4) is 0 Å². The van der Waals surface area contributed by atoms with Crippen LogP contribution >= 0.6 is 0 Å². The van der Waals surface area contributed by atoms with E-state index in [2.05, 4.69) is 10.6 Å². The predicted molar refractivity (Wildman–Crippen MR) is 62.2 cm³/mol. The minimum atomic E-state index is -0.749. The van der Waals surface area contributed by atoms with Crippen LogP contribution in [0.4, 0.5) is 0 Å². The van der Waals surface area contributed by atoms with Gasteiger partial charge in [0.25, 0.3) is 0 Å². The second-order valence-electron chi connectivity index (χ2n) is 3.97. The van der Waals surface area contributed by atoms with Gasteiger partial charge in [-0.1, -0.05) is 0 Å². The van der Waals surface area contributed by atoms with Crippen molar-refractivity contribution in [2.45, 2.75) is 19.3 Å². The number of nitrogens with one attached hydrogen (secondary N) is 2. The summed E-state index contributed by atoms with van der Waals surface area (Å²) in [5.41, 5.74) is 0. The quantitative estimate of drug-likeness (QED) is 0.649. The Hall–Kier alpha value is -0.420. The normalized spacial score (nSPS) is 23.4. The summed E-state index contributed by atoms with van der Waals surface area (Å²) in [6, 6.07) is 0. The van der Waals surface area contributed by atoms with Crippen LogP contribution in [0, 0.1) is 5.92 Å². The van der Waals surface area contributed by atoms with Gasteiger partial charge in [0.15, 0.2) is 0 Å². The van der Waals surface area contributed by atoms with Gasteiger partial charge in [-0.3, -0.25) is 9.00 Å². The molecule has 88 valence electrons. The maximum absolute atomic E-state index is 11.6. The smallest absolute Gasteiger partial charge is 0.224 e. The van der Waals surface area contributed by atoms with E-state index < -0.39 is 10.8 Å². The summed E-state index contributed by atoms with van der Waals surface area (Å²) in [4.78, 5) is 11.6. The van der Waals surface area contributed by atoms with Crippen molar-refractivity contribution in [3.63, 3.8) is 0 Å². The molecule has 2 atom stereocenters. The van der Waals surface area contributed by atoms with Gasteiger partial charge in [0.1, 0.15) is 0 Å². The highest BCUT2D eigenvalue weighted by Crippen LogP contribution is 2.09. The second-order valence-corrected chi connectivity index (χ2v) is 5.52. The molecule has 0 spiro atoms. The molecule has 0 bridgehead atoms. The third kappa shape index (κ3) is 5.28. The first-order chi connectivity index (χ1) is 7.20. The Bertz CT molecular complexity index is 227. The lowest BCUT2D eigenvalue weighted by Crippen LogP contribution is -2.40. The molecule has 1 amide bonds. The minimum absolute atomic E-state index is 0.130. The van der Waals surface area contributed by atoms with Crippen molar-refractivity contribution in [1.82, 2.24) is 10.6 Å². The van der Waals surface area contributed by atoms with Crippen LogP contribution in [0.25, 0.3) is 0 Å². The van der Waals surface area contributed by atoms with Crippen molar-refractivity contribution in [1.29, 1.82) is 0 Å². The Kier molecular flexibility index (Phi) is 5.86. The van der Waals surface area contributed by atoms with Gasteiger partial charge < -0.3 is 10.6 Å². The highest BCUT2D eigenvalue weighted by atomic mass is 32.2. The molecule has 15 heavy (non-hydrogen) atoms. The summed E-state index contributed by atoms with van der Waals surface area (Å²) in [5.74, 6) is 0.943. The van der Waals surface area contributed by atoms with Crippen LogP contribution in [0.15, 0.2) is 0 Å². The molecular formula is C10H20N2O2S. The number of hydrogen-bond acceptors (Lipinski definition) is 3. The van der Waals surface area contributed by atoms with E-state index in [1.807, 2.05) is 0 Å². The van der Waals surface area contributed by atoms with Crippen molar-refractivity contribution in [2.75, 3.05) is 31.6 Å². The summed E-state index contributed by atoms with van der Waals surface area (Å²) >= 11 is 0. The first kappa shape index (κ1) is 12.6. The molecule has 1 aliphatic rings. The molecule has 0 aromatic carbocycles. The van der Waals surface area contributed by atoms with Crippen LogP contribution in [-0.4, -0.2) is 41.8 Å². The predicted octanol–water partition coefficient (Wildman–Crippen LogP) is -0.129. The van der Waals surface area contributed by atoms with Crippen LogP contribution in [0.2, 0.25) is 0 Å². The average molecular weight is 232 g/mol. The lowest BCUT2D eigenvalue weighted by atomic mass is 9.99. The van der Waals surface area contributed by atoms with Gasteiger partial charge in [-0.25, -0.2) is 0 Å². The standard InChI is InChI=1S/C10H20N2O2S/c1-15(14)7-3-6-12-10(13)9-4-2-5-11-8-9/h9,11H,2-8H2,1H3,(H,12,13)/t9-,15?/m0/s1. The van der Waals surface area contributed by atoms with E-state index in [9.17, 15) is 9.00 Å². The molecular weight excluding hydrogens is 212 g/mol. The average Bonchev–Trinajstić information content (AvgIpc) is 2.25. The molecule has 2 N–H and O–H groups in total. The van der Waals surface area contributed by atoms with Crippen LogP contribution in [0.5, 0.6) is 0 Å². The fraction of sp³-hybridized carbons (Fsp3) is 0.900. The molecule has 0 aromatic heterocycles. The van der Waals surface area contributed by atoms with Gasteiger partial charge in [-0.05, 0) is 25.8 Å². The zero-order valence-corrected chi connectivity index (χ0v) is 10.1. The van der Waals surface area contributed by atoms with E-state index >= 15 is 0 Å². The van der Waals surface area contributed by atoms with E-state index in [-0.39, 0.29) is 11.8 Å². The largest absolute Gasteiger partial charge is 0.356 e. The zero-order chi connectivity index (χ0) is 11.1. The van der Waals surface area contributed by atoms with Gasteiger partial charge in [-0.15, -0.1) is 0 Å². The van der Waals surface area contributed by atoms with Crippen LogP contribution in [-0.2, 0) is 15.6 Å². The highest BCUT2D eigenvalue weighted by Gasteiger charge is 2.19. The second kappa shape index (κ2) is 6.95. The fourth-order valence-corrected chi connectivity index (χ4v) is 2.26. The van der Waals surface area contributed by atoms with E-state index in [0.29, 0.717) is 12.3 Å². The first-order valence-corrected chi connectivity index (χ1v) is 7.21. The Morgan fingerprint density at radius 1 is 1.60 bits per heavy atom. The van der Waals surface area contributed by atoms with Gasteiger partial charge in [0.2, 0.25) is 5.91 Å². The maximum Gasteiger partial charge on any atom is 0.224 e. The lowest BCUT2D eigenvalue weighted by molar-refractivity contribution is -0.125. The van der Waals surface area contributed by atoms with Crippen molar-refractivity contribution in [3.8, 4) is 0 Å². The molecule has 0 radical (unpaired) electrons. The molecule has 4 nitrogen and oxygen atoms in total. The fourth-order valence-electron chi connectivity index (χ4n) is 1.71. The number of amides is 1. The Balaban J connectivity index is 2.09.